The zero-order chi connectivity index (χ0) is 16.0. The molecule has 0 spiro atoms. The minimum absolute atomic E-state index is 0.0134. The van der Waals surface area contributed by atoms with Crippen LogP contribution in [0.1, 0.15) is 24.7 Å². The van der Waals surface area contributed by atoms with Gasteiger partial charge >= 0.3 is 0 Å². The van der Waals surface area contributed by atoms with Gasteiger partial charge in [0.1, 0.15) is 17.6 Å². The van der Waals surface area contributed by atoms with E-state index < -0.39 is 10.0 Å². The van der Waals surface area contributed by atoms with E-state index >= 15 is 0 Å². The van der Waals surface area contributed by atoms with Crippen LogP contribution in [0.5, 0.6) is 5.75 Å². The minimum atomic E-state index is -3.72. The molecule has 0 fully saturated rings. The highest BCUT2D eigenvalue weighted by Crippen LogP contribution is 2.22. The molecule has 1 aromatic carbocycles. The first-order valence-electron chi connectivity index (χ1n) is 6.76. The SMILES string of the molecule is CCCOc1ccc(S(=O)(=O)NCc2ccco2)cc1C#N. The second-order valence-corrected chi connectivity index (χ2v) is 6.29. The number of hydrogen-bond donors (Lipinski definition) is 1. The first-order chi connectivity index (χ1) is 10.6. The summed E-state index contributed by atoms with van der Waals surface area (Å²) in [4.78, 5) is 0.0134. The van der Waals surface area contributed by atoms with Crippen LogP contribution in [-0.2, 0) is 16.6 Å². The van der Waals surface area contributed by atoms with Crippen molar-refractivity contribution in [3.05, 3.63) is 47.9 Å². The highest BCUT2D eigenvalue weighted by Gasteiger charge is 2.17. The average Bonchev–Trinajstić information content (AvgIpc) is 3.04. The van der Waals surface area contributed by atoms with Crippen LogP contribution >= 0.6 is 0 Å². The van der Waals surface area contributed by atoms with Crippen molar-refractivity contribution in [3.8, 4) is 11.8 Å². The highest BCUT2D eigenvalue weighted by atomic mass is 32.2. The molecule has 2 aromatic rings. The molecule has 0 amide bonds. The van der Waals surface area contributed by atoms with Gasteiger partial charge in [0.05, 0.1) is 29.9 Å². The van der Waals surface area contributed by atoms with Crippen molar-refractivity contribution in [1.82, 2.24) is 4.72 Å². The molecule has 0 saturated carbocycles. The van der Waals surface area contributed by atoms with Crippen molar-refractivity contribution in [2.45, 2.75) is 24.8 Å². The van der Waals surface area contributed by atoms with Gasteiger partial charge in [0.15, 0.2) is 0 Å². The van der Waals surface area contributed by atoms with Crippen molar-refractivity contribution >= 4 is 10.0 Å². The first-order valence-corrected chi connectivity index (χ1v) is 8.24. The lowest BCUT2D eigenvalue weighted by Crippen LogP contribution is -2.23. The number of benzene rings is 1. The number of ether oxygens (including phenoxy) is 1. The van der Waals surface area contributed by atoms with Crippen LogP contribution < -0.4 is 9.46 Å². The van der Waals surface area contributed by atoms with Crippen LogP contribution in [0, 0.1) is 11.3 Å². The Morgan fingerprint density at radius 1 is 1.36 bits per heavy atom. The maximum atomic E-state index is 12.2. The summed E-state index contributed by atoms with van der Waals surface area (Å²) in [7, 11) is -3.72. The van der Waals surface area contributed by atoms with Crippen molar-refractivity contribution < 1.29 is 17.6 Å². The van der Waals surface area contributed by atoms with Gasteiger partial charge in [-0.3, -0.25) is 0 Å². The van der Waals surface area contributed by atoms with Gasteiger partial charge in [-0.25, -0.2) is 13.1 Å². The quantitative estimate of drug-likeness (QED) is 0.845. The van der Waals surface area contributed by atoms with Gasteiger partial charge in [-0.1, -0.05) is 6.92 Å². The van der Waals surface area contributed by atoms with Gasteiger partial charge in [0, 0.05) is 0 Å². The third kappa shape index (κ3) is 3.87. The Morgan fingerprint density at radius 3 is 2.82 bits per heavy atom. The maximum Gasteiger partial charge on any atom is 0.241 e. The van der Waals surface area contributed by atoms with E-state index in [0.29, 0.717) is 18.1 Å². The number of sulfonamides is 1. The number of nitriles is 1. The Kier molecular flexibility index (Phi) is 5.20. The molecular formula is C15H16N2O4S. The normalized spacial score (nSPS) is 11.1. The third-order valence-corrected chi connectivity index (χ3v) is 4.26. The lowest BCUT2D eigenvalue weighted by atomic mass is 10.2. The smallest absolute Gasteiger partial charge is 0.241 e. The van der Waals surface area contributed by atoms with Crippen molar-refractivity contribution in [2.24, 2.45) is 0 Å². The molecule has 1 aromatic heterocycles. The summed E-state index contributed by atoms with van der Waals surface area (Å²) in [6.07, 6.45) is 2.27. The second kappa shape index (κ2) is 7.11. The molecule has 116 valence electrons. The number of nitrogens with zero attached hydrogens (tertiary/aromatic N) is 1. The van der Waals surface area contributed by atoms with Crippen LogP contribution in [0.2, 0.25) is 0 Å². The fourth-order valence-corrected chi connectivity index (χ4v) is 2.78. The molecule has 1 N–H and O–H groups in total. The molecule has 2 rings (SSSR count). The van der Waals surface area contributed by atoms with Gasteiger partial charge in [-0.2, -0.15) is 5.26 Å². The van der Waals surface area contributed by atoms with Gasteiger partial charge < -0.3 is 9.15 Å². The number of nitrogens with one attached hydrogen (secondary N) is 1. The van der Waals surface area contributed by atoms with E-state index in [1.54, 1.807) is 12.1 Å². The molecule has 0 atom stereocenters. The largest absolute Gasteiger partial charge is 0.492 e. The molecule has 0 aliphatic rings. The summed E-state index contributed by atoms with van der Waals surface area (Å²) in [6, 6.07) is 9.51. The van der Waals surface area contributed by atoms with E-state index in [-0.39, 0.29) is 17.0 Å². The average molecular weight is 320 g/mol. The maximum absolute atomic E-state index is 12.2. The fourth-order valence-electron chi connectivity index (χ4n) is 1.76. The summed E-state index contributed by atoms with van der Waals surface area (Å²) in [5, 5.41) is 9.13. The zero-order valence-corrected chi connectivity index (χ0v) is 12.9. The topological polar surface area (TPSA) is 92.3 Å². The Bertz CT molecular complexity index is 761. The minimum Gasteiger partial charge on any atom is -0.492 e. The molecule has 0 radical (unpaired) electrons. The van der Waals surface area contributed by atoms with Crippen LogP contribution in [0.4, 0.5) is 0 Å². The van der Waals surface area contributed by atoms with Gasteiger partial charge in [-0.15, -0.1) is 0 Å². The van der Waals surface area contributed by atoms with Gasteiger partial charge in [0.25, 0.3) is 0 Å². The Labute approximate surface area is 129 Å². The van der Waals surface area contributed by atoms with Crippen LogP contribution in [0.15, 0.2) is 45.9 Å². The van der Waals surface area contributed by atoms with E-state index in [9.17, 15) is 8.42 Å². The van der Waals surface area contributed by atoms with Crippen molar-refractivity contribution in [1.29, 1.82) is 5.26 Å². The predicted octanol–water partition coefficient (Wildman–Crippen LogP) is 2.42. The lowest BCUT2D eigenvalue weighted by Gasteiger charge is -2.09. The van der Waals surface area contributed by atoms with Crippen LogP contribution in [0.25, 0.3) is 0 Å². The second-order valence-electron chi connectivity index (χ2n) is 4.52. The number of rotatable bonds is 7. The third-order valence-electron chi connectivity index (χ3n) is 2.86. The summed E-state index contributed by atoms with van der Waals surface area (Å²) in [5.74, 6) is 0.890. The van der Waals surface area contributed by atoms with E-state index in [4.69, 9.17) is 14.4 Å². The predicted molar refractivity (Wildman–Crippen MR) is 79.7 cm³/mol. The van der Waals surface area contributed by atoms with Crippen LogP contribution in [0.3, 0.4) is 0 Å². The molecule has 7 heteroatoms. The summed E-state index contributed by atoms with van der Waals surface area (Å²) >= 11 is 0. The molecule has 0 aliphatic carbocycles. The van der Waals surface area contributed by atoms with Crippen molar-refractivity contribution in [3.63, 3.8) is 0 Å². The molecular weight excluding hydrogens is 304 g/mol. The van der Waals surface area contributed by atoms with E-state index in [1.807, 2.05) is 13.0 Å². The highest BCUT2D eigenvalue weighted by molar-refractivity contribution is 7.89. The molecule has 0 unspecified atom stereocenters. The summed E-state index contributed by atoms with van der Waals surface area (Å²) in [5.41, 5.74) is 0.189. The fraction of sp³-hybridized carbons (Fsp3) is 0.267. The number of furan rings is 1. The lowest BCUT2D eigenvalue weighted by molar-refractivity contribution is 0.316. The van der Waals surface area contributed by atoms with Crippen molar-refractivity contribution in [2.75, 3.05) is 6.61 Å². The van der Waals surface area contributed by atoms with Gasteiger partial charge in [0.2, 0.25) is 10.0 Å². The van der Waals surface area contributed by atoms with Crippen LogP contribution in [-0.4, -0.2) is 15.0 Å². The molecule has 0 saturated heterocycles. The Hall–Kier alpha value is -2.30. The summed E-state index contributed by atoms with van der Waals surface area (Å²) < 4.78 is 37.3. The number of hydrogen-bond acceptors (Lipinski definition) is 5. The van der Waals surface area contributed by atoms with E-state index in [0.717, 1.165) is 6.42 Å². The van der Waals surface area contributed by atoms with Gasteiger partial charge in [-0.05, 0) is 36.8 Å². The van der Waals surface area contributed by atoms with E-state index in [2.05, 4.69) is 4.72 Å². The first kappa shape index (κ1) is 16.1. The summed E-state index contributed by atoms with van der Waals surface area (Å²) in [6.45, 7) is 2.46. The molecule has 0 aliphatic heterocycles. The molecule has 6 nitrogen and oxygen atoms in total. The van der Waals surface area contributed by atoms with E-state index in [1.165, 1.54) is 24.5 Å². The molecule has 1 heterocycles. The standard InChI is InChI=1S/C15H16N2O4S/c1-2-7-21-15-6-5-14(9-12(15)10-16)22(18,19)17-11-13-4-3-8-20-13/h3-6,8-9,17H,2,7,11H2,1H3. The Morgan fingerprint density at radius 2 is 2.18 bits per heavy atom. The monoisotopic (exact) mass is 320 g/mol. The molecule has 22 heavy (non-hydrogen) atoms. The molecule has 0 bridgehead atoms. The zero-order valence-electron chi connectivity index (χ0n) is 12.1. The Balaban J connectivity index is 2.18.